The molecule has 1 aromatic rings. The molecule has 1 fully saturated rings. The first-order valence-corrected chi connectivity index (χ1v) is 6.19. The molecule has 4 nitrogen and oxygen atoms in total. The van der Waals surface area contributed by atoms with Crippen LogP contribution in [0.25, 0.3) is 0 Å². The molecule has 0 saturated heterocycles. The summed E-state index contributed by atoms with van der Waals surface area (Å²) in [6.07, 6.45) is 6.51. The van der Waals surface area contributed by atoms with E-state index in [1.165, 1.54) is 31.9 Å². The lowest BCUT2D eigenvalue weighted by Gasteiger charge is -2.20. The number of anilines is 1. The maximum Gasteiger partial charge on any atom is 0.270 e. The highest BCUT2D eigenvalue weighted by Crippen LogP contribution is 2.27. The van der Waals surface area contributed by atoms with Crippen molar-refractivity contribution in [3.63, 3.8) is 0 Å². The van der Waals surface area contributed by atoms with Crippen molar-refractivity contribution < 1.29 is 4.79 Å². The van der Waals surface area contributed by atoms with E-state index in [2.05, 4.69) is 17.2 Å². The first-order chi connectivity index (χ1) is 8.16. The van der Waals surface area contributed by atoms with E-state index in [4.69, 9.17) is 5.73 Å². The van der Waals surface area contributed by atoms with Crippen molar-refractivity contribution in [1.29, 1.82) is 0 Å². The number of nitrogens with two attached hydrogens (primary N) is 1. The summed E-state index contributed by atoms with van der Waals surface area (Å²) in [6.45, 7) is 2.07. The van der Waals surface area contributed by atoms with Crippen molar-refractivity contribution in [2.45, 2.75) is 38.6 Å². The molecule has 4 heteroatoms. The number of nitrogens with one attached hydrogen (secondary N) is 1. The average Bonchev–Trinajstić information content (AvgIpc) is 2.83. The highest BCUT2D eigenvalue weighted by atomic mass is 16.1. The van der Waals surface area contributed by atoms with Crippen molar-refractivity contribution in [2.24, 2.45) is 5.92 Å². The van der Waals surface area contributed by atoms with Crippen molar-refractivity contribution >= 4 is 11.6 Å². The highest BCUT2D eigenvalue weighted by Gasteiger charge is 2.23. The average molecular weight is 233 g/mol. The van der Waals surface area contributed by atoms with E-state index >= 15 is 0 Å². The zero-order chi connectivity index (χ0) is 12.3. The number of hydrogen-bond donors (Lipinski definition) is 2. The third-order valence-electron chi connectivity index (χ3n) is 3.48. The summed E-state index contributed by atoms with van der Waals surface area (Å²) in [5, 5.41) is 3.02. The normalized spacial score (nSPS) is 17.9. The third kappa shape index (κ3) is 2.96. The minimum Gasteiger partial charge on any atom is -0.397 e. The molecule has 0 aromatic carbocycles. The van der Waals surface area contributed by atoms with Crippen LogP contribution in [0, 0.1) is 5.92 Å². The van der Waals surface area contributed by atoms with Crippen molar-refractivity contribution in [2.75, 3.05) is 5.73 Å². The summed E-state index contributed by atoms with van der Waals surface area (Å²) in [7, 11) is 0. The summed E-state index contributed by atoms with van der Waals surface area (Å²) in [5.74, 6) is 0.511. The molecule has 0 unspecified atom stereocenters. The molecule has 1 atom stereocenters. The van der Waals surface area contributed by atoms with Gasteiger partial charge in [0.1, 0.15) is 5.69 Å². The van der Waals surface area contributed by atoms with Crippen LogP contribution >= 0.6 is 0 Å². The number of pyridine rings is 1. The molecule has 0 aliphatic heterocycles. The molecule has 0 bridgehead atoms. The van der Waals surface area contributed by atoms with Crippen LogP contribution in [0.3, 0.4) is 0 Å². The Bertz CT molecular complexity index is 382. The standard InChI is InChI=1S/C13H19N3O/c1-9(10-4-2-3-5-10)16-13(17)12-7-6-11(14)8-15-12/h6-10H,2-5,14H2,1H3,(H,16,17)/t9-/m0/s1. The zero-order valence-electron chi connectivity index (χ0n) is 10.1. The van der Waals surface area contributed by atoms with Gasteiger partial charge in [-0.05, 0) is 37.8 Å². The molecule has 0 spiro atoms. The van der Waals surface area contributed by atoms with Gasteiger partial charge in [0.05, 0.1) is 11.9 Å². The summed E-state index contributed by atoms with van der Waals surface area (Å²) in [6, 6.07) is 3.58. The maximum absolute atomic E-state index is 11.9. The lowest BCUT2D eigenvalue weighted by atomic mass is 10.00. The van der Waals surface area contributed by atoms with Gasteiger partial charge < -0.3 is 11.1 Å². The molecule has 2 rings (SSSR count). The van der Waals surface area contributed by atoms with Crippen molar-refractivity contribution in [1.82, 2.24) is 10.3 Å². The van der Waals surface area contributed by atoms with Crippen LogP contribution in [0.1, 0.15) is 43.1 Å². The fraction of sp³-hybridized carbons (Fsp3) is 0.538. The summed E-state index contributed by atoms with van der Waals surface area (Å²) in [4.78, 5) is 15.9. The minimum atomic E-state index is -0.107. The second kappa shape index (κ2) is 5.17. The number of amides is 1. The van der Waals surface area contributed by atoms with E-state index in [0.717, 1.165) is 0 Å². The smallest absolute Gasteiger partial charge is 0.270 e. The molecule has 1 aromatic heterocycles. The van der Waals surface area contributed by atoms with Crippen LogP contribution in [-0.2, 0) is 0 Å². The van der Waals surface area contributed by atoms with Gasteiger partial charge in [0.25, 0.3) is 5.91 Å². The zero-order valence-corrected chi connectivity index (χ0v) is 10.1. The van der Waals surface area contributed by atoms with E-state index in [0.29, 0.717) is 17.3 Å². The van der Waals surface area contributed by atoms with Crippen molar-refractivity contribution in [3.8, 4) is 0 Å². The Morgan fingerprint density at radius 3 is 2.76 bits per heavy atom. The molecule has 0 radical (unpaired) electrons. The number of nitrogens with zero attached hydrogens (tertiary/aromatic N) is 1. The molecule has 17 heavy (non-hydrogen) atoms. The van der Waals surface area contributed by atoms with Gasteiger partial charge in [0, 0.05) is 6.04 Å². The van der Waals surface area contributed by atoms with Crippen LogP contribution in [0.4, 0.5) is 5.69 Å². The third-order valence-corrected chi connectivity index (χ3v) is 3.48. The van der Waals surface area contributed by atoms with Crippen LogP contribution in [0.5, 0.6) is 0 Å². The number of carbonyl (C=O) groups excluding carboxylic acids is 1. The second-order valence-corrected chi connectivity index (χ2v) is 4.78. The van der Waals surface area contributed by atoms with E-state index in [-0.39, 0.29) is 11.9 Å². The summed E-state index contributed by atoms with van der Waals surface area (Å²) in [5.41, 5.74) is 6.54. The van der Waals surface area contributed by atoms with Crippen LogP contribution < -0.4 is 11.1 Å². The summed E-state index contributed by atoms with van der Waals surface area (Å²) >= 11 is 0. The predicted octanol–water partition coefficient (Wildman–Crippen LogP) is 1.97. The molecule has 92 valence electrons. The van der Waals surface area contributed by atoms with Gasteiger partial charge >= 0.3 is 0 Å². The fourth-order valence-electron chi connectivity index (χ4n) is 2.40. The lowest BCUT2D eigenvalue weighted by Crippen LogP contribution is -2.37. The molecule has 1 amide bonds. The Balaban J connectivity index is 1.94. The van der Waals surface area contributed by atoms with Gasteiger partial charge in [-0.25, -0.2) is 4.98 Å². The number of carbonyl (C=O) groups is 1. The number of hydrogen-bond acceptors (Lipinski definition) is 3. The highest BCUT2D eigenvalue weighted by molar-refractivity contribution is 5.92. The van der Waals surface area contributed by atoms with Gasteiger partial charge in [0.15, 0.2) is 0 Å². The molecule has 1 heterocycles. The minimum absolute atomic E-state index is 0.107. The molecule has 1 aliphatic carbocycles. The second-order valence-electron chi connectivity index (χ2n) is 4.78. The molecular formula is C13H19N3O. The van der Waals surface area contributed by atoms with Crippen LogP contribution in [-0.4, -0.2) is 16.9 Å². The largest absolute Gasteiger partial charge is 0.397 e. The summed E-state index contributed by atoms with van der Waals surface area (Å²) < 4.78 is 0. The Morgan fingerprint density at radius 2 is 2.18 bits per heavy atom. The number of aromatic nitrogens is 1. The Labute approximate surface area is 102 Å². The Hall–Kier alpha value is -1.58. The topological polar surface area (TPSA) is 68.0 Å². The lowest BCUT2D eigenvalue weighted by molar-refractivity contribution is 0.0922. The number of rotatable bonds is 3. The first kappa shape index (κ1) is 11.9. The number of nitrogen functional groups attached to an aromatic ring is 1. The van der Waals surface area contributed by atoms with Gasteiger partial charge in [-0.15, -0.1) is 0 Å². The van der Waals surface area contributed by atoms with E-state index < -0.39 is 0 Å². The Kier molecular flexibility index (Phi) is 3.61. The van der Waals surface area contributed by atoms with Crippen LogP contribution in [0.15, 0.2) is 18.3 Å². The van der Waals surface area contributed by atoms with Gasteiger partial charge in [-0.3, -0.25) is 4.79 Å². The van der Waals surface area contributed by atoms with Gasteiger partial charge in [-0.2, -0.15) is 0 Å². The molecular weight excluding hydrogens is 214 g/mol. The molecule has 1 aliphatic rings. The SMILES string of the molecule is C[C@H](NC(=O)c1ccc(N)cn1)C1CCCC1. The van der Waals surface area contributed by atoms with E-state index in [1.807, 2.05) is 0 Å². The van der Waals surface area contributed by atoms with Gasteiger partial charge in [-0.1, -0.05) is 12.8 Å². The quantitative estimate of drug-likeness (QED) is 0.838. The first-order valence-electron chi connectivity index (χ1n) is 6.19. The monoisotopic (exact) mass is 233 g/mol. The maximum atomic E-state index is 11.9. The van der Waals surface area contributed by atoms with Crippen molar-refractivity contribution in [3.05, 3.63) is 24.0 Å². The van der Waals surface area contributed by atoms with Crippen LogP contribution in [0.2, 0.25) is 0 Å². The van der Waals surface area contributed by atoms with Gasteiger partial charge in [0.2, 0.25) is 0 Å². The van der Waals surface area contributed by atoms with E-state index in [9.17, 15) is 4.79 Å². The fourth-order valence-corrected chi connectivity index (χ4v) is 2.40. The molecule has 3 N–H and O–H groups in total. The molecule has 1 saturated carbocycles. The van der Waals surface area contributed by atoms with E-state index in [1.54, 1.807) is 12.1 Å². The predicted molar refractivity (Wildman–Crippen MR) is 67.5 cm³/mol. The Morgan fingerprint density at radius 1 is 1.47 bits per heavy atom.